The Hall–Kier alpha value is -4.94. The summed E-state index contributed by atoms with van der Waals surface area (Å²) in [5.41, 5.74) is 0.0135. The highest BCUT2D eigenvalue weighted by atomic mass is 19.4. The number of fused-ring (bicyclic) bond motifs is 4. The van der Waals surface area contributed by atoms with Crippen molar-refractivity contribution in [3.63, 3.8) is 0 Å². The van der Waals surface area contributed by atoms with Crippen LogP contribution in [0.15, 0.2) is 79.0 Å². The van der Waals surface area contributed by atoms with E-state index < -0.39 is 42.4 Å². The van der Waals surface area contributed by atoms with Crippen molar-refractivity contribution in [2.24, 2.45) is 0 Å². The molecule has 0 radical (unpaired) electrons. The number of ether oxygens (including phenoxy) is 3. The molecule has 7 nitrogen and oxygen atoms in total. The number of carbonyl (C=O) groups excluding carboxylic acids is 1. The van der Waals surface area contributed by atoms with Gasteiger partial charge in [0.25, 0.3) is 5.91 Å². The number of amides is 1. The number of benzene rings is 3. The molecule has 1 unspecified atom stereocenters. The molecule has 6 rings (SSSR count). The van der Waals surface area contributed by atoms with Gasteiger partial charge in [-0.25, -0.2) is 4.98 Å². The predicted molar refractivity (Wildman–Crippen MR) is 147 cm³/mol. The summed E-state index contributed by atoms with van der Waals surface area (Å²) in [5, 5.41) is 1.88. The number of carbonyl (C=O) groups is 1. The lowest BCUT2D eigenvalue weighted by molar-refractivity contribution is -0.275. The van der Waals surface area contributed by atoms with Gasteiger partial charge in [0.05, 0.1) is 30.1 Å². The number of pyridine rings is 1. The third kappa shape index (κ3) is 5.69. The molecular weight excluding hydrogens is 592 g/mol. The minimum atomic E-state index is -5.04. The zero-order valence-corrected chi connectivity index (χ0v) is 22.9. The molecule has 3 heterocycles. The normalized spacial score (nSPS) is 15.3. The van der Waals surface area contributed by atoms with Crippen molar-refractivity contribution in [1.29, 1.82) is 0 Å². The van der Waals surface area contributed by atoms with Crippen molar-refractivity contribution in [2.75, 3.05) is 20.3 Å². The van der Waals surface area contributed by atoms with Gasteiger partial charge in [-0.05, 0) is 52.7 Å². The van der Waals surface area contributed by atoms with Crippen molar-refractivity contribution in [3.05, 3.63) is 102 Å². The summed E-state index contributed by atoms with van der Waals surface area (Å²) in [6.07, 6.45) is -8.27. The van der Waals surface area contributed by atoms with Gasteiger partial charge in [0.2, 0.25) is 0 Å². The summed E-state index contributed by atoms with van der Waals surface area (Å²) in [7, 11) is 1.18. The minimum absolute atomic E-state index is 0.0168. The van der Waals surface area contributed by atoms with Crippen molar-refractivity contribution >= 4 is 22.3 Å². The van der Waals surface area contributed by atoms with E-state index in [4.69, 9.17) is 9.47 Å². The third-order valence-electron chi connectivity index (χ3n) is 7.36. The molecule has 228 valence electrons. The second-order valence-electron chi connectivity index (χ2n) is 10.1. The molecule has 13 heteroatoms. The lowest BCUT2D eigenvalue weighted by Gasteiger charge is -2.36. The molecule has 0 saturated heterocycles. The van der Waals surface area contributed by atoms with Crippen LogP contribution in [-0.4, -0.2) is 46.8 Å². The summed E-state index contributed by atoms with van der Waals surface area (Å²) < 4.78 is 96.6. The van der Waals surface area contributed by atoms with Crippen molar-refractivity contribution in [2.45, 2.75) is 25.0 Å². The van der Waals surface area contributed by atoms with Crippen molar-refractivity contribution < 1.29 is 45.3 Å². The number of nitrogens with zero attached hydrogens (tertiary/aromatic N) is 3. The van der Waals surface area contributed by atoms with E-state index in [9.17, 15) is 31.1 Å². The molecule has 0 bridgehead atoms. The van der Waals surface area contributed by atoms with E-state index >= 15 is 0 Å². The smallest absolute Gasteiger partial charge is 0.493 e. The van der Waals surface area contributed by atoms with Gasteiger partial charge >= 0.3 is 12.5 Å². The molecule has 3 aromatic carbocycles. The Bertz CT molecular complexity index is 1870. The van der Waals surface area contributed by atoms with Gasteiger partial charge in [-0.3, -0.25) is 4.79 Å². The van der Waals surface area contributed by atoms with Gasteiger partial charge in [0, 0.05) is 19.2 Å². The van der Waals surface area contributed by atoms with Crippen LogP contribution in [-0.2, 0) is 17.4 Å². The first kappa shape index (κ1) is 29.1. The SMILES string of the molecule is COc1ccc(C2c3c(nc4cc(C(F)(F)F)ccn34)CCN2C(=O)COc2ccc3ccccc3c2)cc1OC(F)(F)F. The van der Waals surface area contributed by atoms with Gasteiger partial charge in [-0.15, -0.1) is 13.2 Å². The molecule has 0 spiro atoms. The highest BCUT2D eigenvalue weighted by molar-refractivity contribution is 5.84. The van der Waals surface area contributed by atoms with Crippen LogP contribution >= 0.6 is 0 Å². The predicted octanol–water partition coefficient (Wildman–Crippen LogP) is 6.97. The van der Waals surface area contributed by atoms with E-state index in [1.807, 2.05) is 30.3 Å². The van der Waals surface area contributed by atoms with Crippen LogP contribution in [0.2, 0.25) is 0 Å². The molecule has 0 aliphatic carbocycles. The van der Waals surface area contributed by atoms with Crippen LogP contribution in [0, 0.1) is 0 Å². The number of hydrogen-bond acceptors (Lipinski definition) is 5. The highest BCUT2D eigenvalue weighted by Gasteiger charge is 2.39. The van der Waals surface area contributed by atoms with Gasteiger partial charge < -0.3 is 23.5 Å². The second kappa shape index (κ2) is 11.0. The molecule has 0 fully saturated rings. The van der Waals surface area contributed by atoms with Crippen LogP contribution in [0.4, 0.5) is 26.3 Å². The fourth-order valence-corrected chi connectivity index (χ4v) is 5.42. The number of rotatable bonds is 6. The third-order valence-corrected chi connectivity index (χ3v) is 7.36. The van der Waals surface area contributed by atoms with E-state index in [2.05, 4.69) is 9.72 Å². The van der Waals surface area contributed by atoms with E-state index in [0.29, 0.717) is 17.1 Å². The van der Waals surface area contributed by atoms with Crippen molar-refractivity contribution in [3.8, 4) is 17.2 Å². The standard InChI is InChI=1S/C31H23F6N3O4/c1-42-24-9-7-20(15-25(24)44-31(35,36)37)28-29-23(38-26-16-21(30(32,33)34)10-12-39(26)29)11-13-40(28)27(41)17-43-22-8-6-18-4-2-3-5-19(18)14-22/h2-10,12,14-16,28H,11,13,17H2,1H3. The Morgan fingerprint density at radius 3 is 2.43 bits per heavy atom. The Balaban J connectivity index is 1.41. The number of imidazole rings is 1. The topological polar surface area (TPSA) is 65.3 Å². The van der Waals surface area contributed by atoms with Gasteiger partial charge in [0.1, 0.15) is 11.4 Å². The Labute approximate surface area is 246 Å². The second-order valence-corrected chi connectivity index (χ2v) is 10.1. The number of hydrogen-bond donors (Lipinski definition) is 0. The quantitative estimate of drug-likeness (QED) is 0.193. The number of halogens is 6. The first-order chi connectivity index (χ1) is 20.9. The summed E-state index contributed by atoms with van der Waals surface area (Å²) in [6, 6.07) is 17.5. The van der Waals surface area contributed by atoms with E-state index in [1.54, 1.807) is 12.1 Å². The Kier molecular flexibility index (Phi) is 7.26. The first-order valence-electron chi connectivity index (χ1n) is 13.3. The van der Waals surface area contributed by atoms with Crippen LogP contribution in [0.1, 0.15) is 28.6 Å². The molecular formula is C31H23F6N3O4. The monoisotopic (exact) mass is 615 g/mol. The molecule has 1 amide bonds. The van der Waals surface area contributed by atoms with Gasteiger partial charge in [-0.2, -0.15) is 13.2 Å². The fraction of sp³-hybridized carbons (Fsp3) is 0.226. The van der Waals surface area contributed by atoms with Gasteiger partial charge in [-0.1, -0.05) is 36.4 Å². The Morgan fingerprint density at radius 1 is 0.932 bits per heavy atom. The van der Waals surface area contributed by atoms with E-state index in [1.165, 1.54) is 34.7 Å². The number of alkyl halides is 6. The summed E-state index contributed by atoms with van der Waals surface area (Å²) in [6.45, 7) is -0.323. The summed E-state index contributed by atoms with van der Waals surface area (Å²) in [4.78, 5) is 19.5. The highest BCUT2D eigenvalue weighted by Crippen LogP contribution is 2.41. The maximum absolute atomic E-state index is 13.7. The molecule has 1 aliphatic heterocycles. The number of methoxy groups -OCH3 is 1. The van der Waals surface area contributed by atoms with Crippen molar-refractivity contribution in [1.82, 2.24) is 14.3 Å². The van der Waals surface area contributed by atoms with E-state index in [-0.39, 0.29) is 29.9 Å². The lowest BCUT2D eigenvalue weighted by atomic mass is 9.95. The molecule has 5 aromatic rings. The maximum Gasteiger partial charge on any atom is 0.573 e. The average Bonchev–Trinajstić information content (AvgIpc) is 3.36. The average molecular weight is 616 g/mol. The van der Waals surface area contributed by atoms with Crippen LogP contribution < -0.4 is 14.2 Å². The van der Waals surface area contributed by atoms with Crippen LogP contribution in [0.25, 0.3) is 16.4 Å². The van der Waals surface area contributed by atoms with E-state index in [0.717, 1.165) is 29.0 Å². The zero-order valence-electron chi connectivity index (χ0n) is 22.9. The fourth-order valence-electron chi connectivity index (χ4n) is 5.42. The molecule has 2 aromatic heterocycles. The largest absolute Gasteiger partial charge is 0.573 e. The van der Waals surface area contributed by atoms with Gasteiger partial charge in [0.15, 0.2) is 18.1 Å². The Morgan fingerprint density at radius 2 is 1.70 bits per heavy atom. The molecule has 44 heavy (non-hydrogen) atoms. The minimum Gasteiger partial charge on any atom is -0.493 e. The summed E-state index contributed by atoms with van der Waals surface area (Å²) >= 11 is 0. The molecule has 1 atom stereocenters. The van der Waals surface area contributed by atoms with Crippen LogP contribution in [0.3, 0.4) is 0 Å². The maximum atomic E-state index is 13.7. The van der Waals surface area contributed by atoms with Crippen LogP contribution in [0.5, 0.6) is 17.2 Å². The molecule has 1 aliphatic rings. The molecule has 0 saturated carbocycles. The first-order valence-corrected chi connectivity index (χ1v) is 13.3. The molecule has 0 N–H and O–H groups in total. The summed E-state index contributed by atoms with van der Waals surface area (Å²) in [5.74, 6) is -0.902. The number of aromatic nitrogens is 2. The lowest BCUT2D eigenvalue weighted by Crippen LogP contribution is -2.43. The zero-order chi connectivity index (χ0) is 31.2.